The minimum Gasteiger partial charge on any atom is -0.478 e. The molecule has 132 valence electrons. The van der Waals surface area contributed by atoms with Crippen LogP contribution in [-0.4, -0.2) is 11.1 Å². The van der Waals surface area contributed by atoms with Crippen molar-refractivity contribution in [2.45, 2.75) is 27.7 Å². The zero-order chi connectivity index (χ0) is 19.5. The van der Waals surface area contributed by atoms with Crippen molar-refractivity contribution in [3.05, 3.63) is 79.7 Å². The molecule has 0 aliphatic rings. The molecule has 0 unspecified atom stereocenters. The maximum Gasteiger partial charge on any atom is 0.335 e. The van der Waals surface area contributed by atoms with Gasteiger partial charge in [0, 0.05) is 5.70 Å². The number of nitrogens with zero attached hydrogens (tertiary/aromatic N) is 2. The molecule has 0 radical (unpaired) electrons. The van der Waals surface area contributed by atoms with Gasteiger partial charge >= 0.3 is 5.97 Å². The average Bonchev–Trinajstić information content (AvgIpc) is 2.63. The number of azo groups is 1. The van der Waals surface area contributed by atoms with Crippen molar-refractivity contribution in [1.82, 2.24) is 0 Å². The molecule has 3 N–H and O–H groups in total. The van der Waals surface area contributed by atoms with Crippen LogP contribution in [0.4, 0.5) is 5.69 Å². The summed E-state index contributed by atoms with van der Waals surface area (Å²) in [6.07, 6.45) is 2.98. The number of rotatable bonds is 5. The number of carboxylic acid groups (broad SMARTS) is 1. The highest BCUT2D eigenvalue weighted by atomic mass is 16.4. The largest absolute Gasteiger partial charge is 0.478 e. The van der Waals surface area contributed by atoms with E-state index in [-0.39, 0.29) is 5.56 Å². The van der Waals surface area contributed by atoms with E-state index >= 15 is 0 Å². The Morgan fingerprint density at radius 3 is 1.75 bits per heavy atom. The molecule has 0 saturated heterocycles. The molecule has 5 heteroatoms. The number of allylic oxidation sites excluding steroid dienone is 2. The van der Waals surface area contributed by atoms with Crippen molar-refractivity contribution in [2.24, 2.45) is 16.0 Å². The van der Waals surface area contributed by atoms with Crippen molar-refractivity contribution >= 4 is 11.7 Å². The molecule has 0 spiro atoms. The van der Waals surface area contributed by atoms with Crippen LogP contribution in [0.5, 0.6) is 0 Å². The van der Waals surface area contributed by atoms with Crippen LogP contribution in [0.25, 0.3) is 0 Å². The second-order valence-corrected chi connectivity index (χ2v) is 3.53. The second kappa shape index (κ2) is 18.1. The van der Waals surface area contributed by atoms with Crippen molar-refractivity contribution in [3.63, 3.8) is 0 Å². The number of hydrogen-bond acceptors (Lipinski definition) is 4. The van der Waals surface area contributed by atoms with Gasteiger partial charge in [-0.3, -0.25) is 0 Å². The van der Waals surface area contributed by atoms with Gasteiger partial charge in [-0.1, -0.05) is 54.0 Å². The molecule has 1 rings (SSSR count). The van der Waals surface area contributed by atoms with E-state index in [0.29, 0.717) is 17.1 Å². The topological polar surface area (TPSA) is 88.0 Å². The van der Waals surface area contributed by atoms with Crippen molar-refractivity contribution in [3.8, 4) is 0 Å². The third-order valence-electron chi connectivity index (χ3n) is 1.91. The molecule has 0 aliphatic heterocycles. The fourth-order valence-corrected chi connectivity index (χ4v) is 0.833. The van der Waals surface area contributed by atoms with E-state index < -0.39 is 5.97 Å². The monoisotopic (exact) mass is 331 g/mol. The van der Waals surface area contributed by atoms with Crippen LogP contribution in [0.3, 0.4) is 0 Å². The summed E-state index contributed by atoms with van der Waals surface area (Å²) in [4.78, 5) is 10.5. The summed E-state index contributed by atoms with van der Waals surface area (Å²) in [6, 6.07) is 6.08. The van der Waals surface area contributed by atoms with Gasteiger partial charge in [0.25, 0.3) is 0 Å². The van der Waals surface area contributed by atoms with Gasteiger partial charge < -0.3 is 10.8 Å². The first-order valence-electron chi connectivity index (χ1n) is 7.54. The smallest absolute Gasteiger partial charge is 0.335 e. The summed E-state index contributed by atoms with van der Waals surface area (Å²) in [5.41, 5.74) is 6.74. The van der Waals surface area contributed by atoms with Crippen LogP contribution in [0.1, 0.15) is 38.1 Å². The predicted molar refractivity (Wildman–Crippen MR) is 103 cm³/mol. The van der Waals surface area contributed by atoms with Crippen LogP contribution < -0.4 is 5.73 Å². The summed E-state index contributed by atoms with van der Waals surface area (Å²) in [7, 11) is 0. The summed E-state index contributed by atoms with van der Waals surface area (Å²) in [6.45, 7) is 21.7. The molecule has 0 saturated carbocycles. The Labute approximate surface area is 145 Å². The van der Waals surface area contributed by atoms with Gasteiger partial charge in [0.2, 0.25) is 0 Å². The maximum absolute atomic E-state index is 10.5. The summed E-state index contributed by atoms with van der Waals surface area (Å²) < 4.78 is 0. The molecular weight excluding hydrogens is 302 g/mol. The van der Waals surface area contributed by atoms with E-state index in [9.17, 15) is 4.79 Å². The van der Waals surface area contributed by atoms with Gasteiger partial charge in [0.15, 0.2) is 0 Å². The van der Waals surface area contributed by atoms with Crippen molar-refractivity contribution in [2.75, 3.05) is 0 Å². The minimum atomic E-state index is -0.964. The molecule has 5 nitrogen and oxygen atoms in total. The molecule has 24 heavy (non-hydrogen) atoms. The van der Waals surface area contributed by atoms with Crippen LogP contribution in [0, 0.1) is 0 Å². The van der Waals surface area contributed by atoms with Gasteiger partial charge in [0.05, 0.1) is 16.9 Å². The first-order chi connectivity index (χ1) is 11.4. The van der Waals surface area contributed by atoms with E-state index in [2.05, 4.69) is 36.5 Å². The van der Waals surface area contributed by atoms with Gasteiger partial charge in [0.1, 0.15) is 0 Å². The van der Waals surface area contributed by atoms with Gasteiger partial charge in [-0.25, -0.2) is 4.79 Å². The van der Waals surface area contributed by atoms with Gasteiger partial charge in [-0.15, -0.1) is 0 Å². The lowest BCUT2D eigenvalue weighted by atomic mass is 10.2. The quantitative estimate of drug-likeness (QED) is 0.522. The molecule has 0 heterocycles. The van der Waals surface area contributed by atoms with Crippen LogP contribution in [0.2, 0.25) is 0 Å². The van der Waals surface area contributed by atoms with Crippen LogP contribution in [-0.2, 0) is 0 Å². The number of benzene rings is 1. The molecule has 1 aromatic rings. The molecule has 0 aliphatic carbocycles. The zero-order valence-corrected chi connectivity index (χ0v) is 15.1. The average molecular weight is 331 g/mol. The van der Waals surface area contributed by atoms with E-state index in [4.69, 9.17) is 10.8 Å². The van der Waals surface area contributed by atoms with E-state index in [1.165, 1.54) is 24.3 Å². The fraction of sp³-hybridized carbons (Fsp3) is 0.211. The first kappa shape index (κ1) is 26.0. The van der Waals surface area contributed by atoms with Gasteiger partial charge in [-0.2, -0.15) is 10.2 Å². The van der Waals surface area contributed by atoms with Gasteiger partial charge in [-0.05, 0) is 36.4 Å². The Hall–Kier alpha value is -2.95. The standard InChI is InChI=1S/C11H10N2O2.C4H7N.2C2H6/c1-3-8(2)12-13-10-6-4-9(5-7-10)11(14)15;1-3-4(2)5;2*1-2/h3-7H,1-2H2,(H,14,15);3H,1-2,5H2;2*1-2H3. The summed E-state index contributed by atoms with van der Waals surface area (Å²) in [5.74, 6) is -0.964. The molecule has 1 aromatic carbocycles. The SMILES string of the molecule is C=CC(=C)N.C=CC(=C)N=Nc1ccc(C(=O)O)cc1.CC.CC. The van der Waals surface area contributed by atoms with Crippen molar-refractivity contribution < 1.29 is 9.90 Å². The number of carbonyl (C=O) groups is 1. The lowest BCUT2D eigenvalue weighted by Crippen LogP contribution is -1.93. The lowest BCUT2D eigenvalue weighted by Gasteiger charge is -1.94. The Kier molecular flexibility index (Phi) is 19.6. The highest BCUT2D eigenvalue weighted by Gasteiger charge is 2.00. The number of aromatic carboxylic acids is 1. The minimum absolute atomic E-state index is 0.219. The third-order valence-corrected chi connectivity index (χ3v) is 1.91. The van der Waals surface area contributed by atoms with E-state index in [1.54, 1.807) is 12.1 Å². The number of hydrogen-bond donors (Lipinski definition) is 2. The second-order valence-electron chi connectivity index (χ2n) is 3.53. The maximum atomic E-state index is 10.5. The molecule has 0 aromatic heterocycles. The first-order valence-corrected chi connectivity index (χ1v) is 7.54. The number of nitrogens with two attached hydrogens (primary N) is 1. The zero-order valence-electron chi connectivity index (χ0n) is 15.1. The summed E-state index contributed by atoms with van der Waals surface area (Å²) >= 11 is 0. The van der Waals surface area contributed by atoms with Crippen molar-refractivity contribution in [1.29, 1.82) is 0 Å². The lowest BCUT2D eigenvalue weighted by molar-refractivity contribution is 0.0697. The molecule has 0 bridgehead atoms. The molecule has 0 fully saturated rings. The highest BCUT2D eigenvalue weighted by molar-refractivity contribution is 5.87. The Morgan fingerprint density at radius 1 is 1.04 bits per heavy atom. The molecule has 0 atom stereocenters. The fourth-order valence-electron chi connectivity index (χ4n) is 0.833. The Balaban J connectivity index is -0.000000413. The number of carboxylic acids is 1. The third kappa shape index (κ3) is 15.4. The molecular formula is C19H29N3O2. The highest BCUT2D eigenvalue weighted by Crippen LogP contribution is 2.14. The Bertz CT molecular complexity index is 544. The predicted octanol–water partition coefficient (Wildman–Crippen LogP) is 5.87. The van der Waals surface area contributed by atoms with E-state index in [0.717, 1.165) is 0 Å². The Morgan fingerprint density at radius 2 is 1.46 bits per heavy atom. The van der Waals surface area contributed by atoms with Crippen LogP contribution >= 0.6 is 0 Å². The molecule has 0 amide bonds. The van der Waals surface area contributed by atoms with E-state index in [1.807, 2.05) is 27.7 Å². The normalized spacial score (nSPS) is 8.17. The van der Waals surface area contributed by atoms with Crippen LogP contribution in [0.15, 0.2) is 84.4 Å². The summed E-state index contributed by atoms with van der Waals surface area (Å²) in [5, 5.41) is 16.2.